The number of benzene rings is 1. The van der Waals surface area contributed by atoms with Crippen molar-refractivity contribution < 1.29 is 9.59 Å². The molecule has 154 valence electrons. The molecule has 30 heavy (non-hydrogen) atoms. The van der Waals surface area contributed by atoms with E-state index in [-0.39, 0.29) is 29.8 Å². The molecule has 1 aliphatic rings. The Bertz CT molecular complexity index is 1140. The summed E-state index contributed by atoms with van der Waals surface area (Å²) in [7, 11) is 0. The van der Waals surface area contributed by atoms with Crippen LogP contribution in [0.3, 0.4) is 0 Å². The minimum Gasteiger partial charge on any atom is -0.352 e. The van der Waals surface area contributed by atoms with Crippen LogP contribution in [0.4, 0.5) is 0 Å². The third kappa shape index (κ3) is 4.25. The standard InChI is InChI=1S/C23H24N4O3/c1-16-11-21(28)19-6-2-3-7-20(19)27(16)15-23(30)26(13-17-5-4-10-24-12-17)14-18-8-9-22(29)25-18/h2-7,10-12,18H,8-9,13-15H2,1H3,(H,25,29)/t18-/m0/s1. The monoisotopic (exact) mass is 404 g/mol. The van der Waals surface area contributed by atoms with E-state index in [4.69, 9.17) is 0 Å². The maximum absolute atomic E-state index is 13.4. The van der Waals surface area contributed by atoms with Gasteiger partial charge in [0.2, 0.25) is 11.8 Å². The summed E-state index contributed by atoms with van der Waals surface area (Å²) in [6, 6.07) is 12.6. The van der Waals surface area contributed by atoms with Crippen LogP contribution in [-0.2, 0) is 22.7 Å². The van der Waals surface area contributed by atoms with Gasteiger partial charge in [0.1, 0.15) is 6.54 Å². The van der Waals surface area contributed by atoms with Crippen LogP contribution < -0.4 is 10.7 Å². The first-order chi connectivity index (χ1) is 14.5. The Balaban J connectivity index is 1.62. The van der Waals surface area contributed by atoms with E-state index in [2.05, 4.69) is 10.3 Å². The molecule has 0 unspecified atom stereocenters. The smallest absolute Gasteiger partial charge is 0.242 e. The van der Waals surface area contributed by atoms with Crippen molar-refractivity contribution >= 4 is 22.7 Å². The fraction of sp³-hybridized carbons (Fsp3) is 0.304. The van der Waals surface area contributed by atoms with Gasteiger partial charge in [0, 0.05) is 55.1 Å². The summed E-state index contributed by atoms with van der Waals surface area (Å²) in [5, 5.41) is 3.54. The van der Waals surface area contributed by atoms with Crippen molar-refractivity contribution in [1.29, 1.82) is 0 Å². The summed E-state index contributed by atoms with van der Waals surface area (Å²) < 4.78 is 1.88. The van der Waals surface area contributed by atoms with Gasteiger partial charge in [0.05, 0.1) is 5.52 Å². The summed E-state index contributed by atoms with van der Waals surface area (Å²) >= 11 is 0. The number of hydrogen-bond donors (Lipinski definition) is 1. The van der Waals surface area contributed by atoms with E-state index in [1.165, 1.54) is 0 Å². The molecular formula is C23H24N4O3. The summed E-state index contributed by atoms with van der Waals surface area (Å²) in [6.07, 6.45) is 4.65. The first kappa shape index (κ1) is 19.8. The predicted octanol–water partition coefficient (Wildman–Crippen LogP) is 2.01. The maximum Gasteiger partial charge on any atom is 0.242 e. The maximum atomic E-state index is 13.4. The van der Waals surface area contributed by atoms with Gasteiger partial charge in [-0.3, -0.25) is 19.4 Å². The summed E-state index contributed by atoms with van der Waals surface area (Å²) in [4.78, 5) is 43.2. The SMILES string of the molecule is Cc1cc(=O)c2ccccc2n1CC(=O)N(Cc1cccnc1)C[C@@H]1CCC(=O)N1. The highest BCUT2D eigenvalue weighted by molar-refractivity contribution is 5.83. The largest absolute Gasteiger partial charge is 0.352 e. The molecule has 2 aromatic heterocycles. The molecule has 1 N–H and O–H groups in total. The Morgan fingerprint density at radius 2 is 2.07 bits per heavy atom. The number of aromatic nitrogens is 2. The number of nitrogens with zero attached hydrogens (tertiary/aromatic N) is 3. The average molecular weight is 404 g/mol. The Hall–Kier alpha value is -3.48. The lowest BCUT2D eigenvalue weighted by molar-refractivity contribution is -0.133. The molecule has 0 radical (unpaired) electrons. The van der Waals surface area contributed by atoms with Crippen LogP contribution in [0.2, 0.25) is 0 Å². The highest BCUT2D eigenvalue weighted by atomic mass is 16.2. The molecule has 4 rings (SSSR count). The zero-order chi connectivity index (χ0) is 21.1. The molecule has 3 heterocycles. The molecular weight excluding hydrogens is 380 g/mol. The van der Waals surface area contributed by atoms with Crippen molar-refractivity contribution in [2.45, 2.75) is 38.9 Å². The second-order valence-electron chi connectivity index (χ2n) is 7.69. The second kappa shape index (κ2) is 8.49. The molecule has 1 fully saturated rings. The van der Waals surface area contributed by atoms with E-state index in [9.17, 15) is 14.4 Å². The van der Waals surface area contributed by atoms with Gasteiger partial charge in [0.25, 0.3) is 0 Å². The Kier molecular flexibility index (Phi) is 5.61. The molecule has 2 amide bonds. The van der Waals surface area contributed by atoms with Crippen LogP contribution in [0.1, 0.15) is 24.1 Å². The zero-order valence-electron chi connectivity index (χ0n) is 16.9. The average Bonchev–Trinajstić information content (AvgIpc) is 3.16. The number of hydrogen-bond acceptors (Lipinski definition) is 4. The number of rotatable bonds is 6. The van der Waals surface area contributed by atoms with Crippen LogP contribution in [0.25, 0.3) is 10.9 Å². The minimum absolute atomic E-state index is 0.0241. The number of fused-ring (bicyclic) bond motifs is 1. The van der Waals surface area contributed by atoms with Gasteiger partial charge in [-0.15, -0.1) is 0 Å². The zero-order valence-corrected chi connectivity index (χ0v) is 16.9. The van der Waals surface area contributed by atoms with E-state index in [0.717, 1.165) is 23.2 Å². The number of carbonyl (C=O) groups is 2. The Labute approximate surface area is 174 Å². The molecule has 1 aliphatic heterocycles. The van der Waals surface area contributed by atoms with Crippen molar-refractivity contribution in [3.05, 3.63) is 76.3 Å². The minimum atomic E-state index is -0.0723. The molecule has 0 bridgehead atoms. The first-order valence-corrected chi connectivity index (χ1v) is 10.1. The molecule has 0 aliphatic carbocycles. The van der Waals surface area contributed by atoms with E-state index >= 15 is 0 Å². The Morgan fingerprint density at radius 1 is 1.23 bits per heavy atom. The van der Waals surface area contributed by atoms with E-state index in [0.29, 0.717) is 24.9 Å². The number of pyridine rings is 2. The number of carbonyl (C=O) groups excluding carboxylic acids is 2. The molecule has 3 aromatic rings. The highest BCUT2D eigenvalue weighted by Gasteiger charge is 2.26. The van der Waals surface area contributed by atoms with Crippen LogP contribution in [-0.4, -0.2) is 38.9 Å². The molecule has 0 spiro atoms. The first-order valence-electron chi connectivity index (χ1n) is 10.1. The van der Waals surface area contributed by atoms with Crippen molar-refractivity contribution in [2.24, 2.45) is 0 Å². The fourth-order valence-electron chi connectivity index (χ4n) is 3.94. The number of amides is 2. The summed E-state index contributed by atoms with van der Waals surface area (Å²) in [5.41, 5.74) is 2.36. The quantitative estimate of drug-likeness (QED) is 0.681. The lowest BCUT2D eigenvalue weighted by atomic mass is 10.1. The second-order valence-corrected chi connectivity index (χ2v) is 7.69. The van der Waals surface area contributed by atoms with Crippen molar-refractivity contribution in [1.82, 2.24) is 19.8 Å². The Morgan fingerprint density at radius 3 is 2.80 bits per heavy atom. The summed E-state index contributed by atoms with van der Waals surface area (Å²) in [5.74, 6) is -0.0482. The van der Waals surface area contributed by atoms with E-state index in [1.807, 2.05) is 41.8 Å². The third-order valence-corrected chi connectivity index (χ3v) is 5.49. The third-order valence-electron chi connectivity index (χ3n) is 5.49. The normalized spacial score (nSPS) is 15.9. The van der Waals surface area contributed by atoms with E-state index in [1.54, 1.807) is 29.4 Å². The number of aryl methyl sites for hydroxylation is 1. The van der Waals surface area contributed by atoms with Gasteiger partial charge in [-0.25, -0.2) is 0 Å². The molecule has 1 aromatic carbocycles. The molecule has 7 nitrogen and oxygen atoms in total. The molecule has 0 saturated carbocycles. The summed E-state index contributed by atoms with van der Waals surface area (Å²) in [6.45, 7) is 2.81. The van der Waals surface area contributed by atoms with Gasteiger partial charge < -0.3 is 14.8 Å². The van der Waals surface area contributed by atoms with Crippen LogP contribution in [0, 0.1) is 6.92 Å². The van der Waals surface area contributed by atoms with Crippen molar-refractivity contribution in [3.8, 4) is 0 Å². The molecule has 7 heteroatoms. The highest BCUT2D eigenvalue weighted by Crippen LogP contribution is 2.16. The van der Waals surface area contributed by atoms with Gasteiger partial charge >= 0.3 is 0 Å². The fourth-order valence-corrected chi connectivity index (χ4v) is 3.94. The van der Waals surface area contributed by atoms with Gasteiger partial charge in [0.15, 0.2) is 5.43 Å². The van der Waals surface area contributed by atoms with Gasteiger partial charge in [-0.1, -0.05) is 18.2 Å². The predicted molar refractivity (Wildman–Crippen MR) is 114 cm³/mol. The van der Waals surface area contributed by atoms with E-state index < -0.39 is 0 Å². The van der Waals surface area contributed by atoms with Crippen LogP contribution >= 0.6 is 0 Å². The van der Waals surface area contributed by atoms with Gasteiger partial charge in [-0.05, 0) is 37.1 Å². The number of para-hydroxylation sites is 1. The van der Waals surface area contributed by atoms with Crippen LogP contribution in [0.5, 0.6) is 0 Å². The van der Waals surface area contributed by atoms with Crippen LogP contribution in [0.15, 0.2) is 59.7 Å². The topological polar surface area (TPSA) is 84.3 Å². The number of nitrogens with one attached hydrogen (secondary N) is 1. The van der Waals surface area contributed by atoms with Crippen molar-refractivity contribution in [3.63, 3.8) is 0 Å². The lowest BCUT2D eigenvalue weighted by Crippen LogP contribution is -2.43. The molecule has 1 saturated heterocycles. The van der Waals surface area contributed by atoms with Crippen molar-refractivity contribution in [2.75, 3.05) is 6.54 Å². The molecule has 1 atom stereocenters. The van der Waals surface area contributed by atoms with Gasteiger partial charge in [-0.2, -0.15) is 0 Å². The lowest BCUT2D eigenvalue weighted by Gasteiger charge is -2.27.